The molecule has 0 aliphatic heterocycles. The Morgan fingerprint density at radius 3 is 2.40 bits per heavy atom. The van der Waals surface area contributed by atoms with Crippen LogP contribution >= 0.6 is 0 Å². The van der Waals surface area contributed by atoms with Crippen molar-refractivity contribution < 1.29 is 14.3 Å². The van der Waals surface area contributed by atoms with Crippen LogP contribution in [0.2, 0.25) is 0 Å². The Morgan fingerprint density at radius 1 is 1.60 bits per heavy atom. The molecule has 0 amide bonds. The number of carbonyl (C=O) groups is 2. The van der Waals surface area contributed by atoms with Crippen molar-refractivity contribution >= 4 is 63.3 Å². The number of hydrogen-bond acceptors (Lipinski definition) is 4. The molecular formula is C5H7KNO3. The van der Waals surface area contributed by atoms with E-state index in [1.165, 1.54) is 0 Å². The molecule has 2 N–H and O–H groups in total. The van der Waals surface area contributed by atoms with E-state index in [2.05, 4.69) is 11.3 Å². The Labute approximate surface area is 101 Å². The van der Waals surface area contributed by atoms with Crippen LogP contribution < -0.4 is 5.73 Å². The first-order valence-corrected chi connectivity index (χ1v) is 2.28. The maximum absolute atomic E-state index is 10.2. The molecule has 0 aliphatic carbocycles. The van der Waals surface area contributed by atoms with E-state index in [4.69, 9.17) is 5.73 Å². The Kier molecular flexibility index (Phi) is 9.93. The van der Waals surface area contributed by atoms with E-state index in [-0.39, 0.29) is 57.9 Å². The molecule has 0 aromatic carbocycles. The van der Waals surface area contributed by atoms with Crippen molar-refractivity contribution in [2.45, 2.75) is 0 Å². The van der Waals surface area contributed by atoms with E-state index in [0.29, 0.717) is 0 Å². The molecule has 10 heavy (non-hydrogen) atoms. The summed E-state index contributed by atoms with van der Waals surface area (Å²) in [4.78, 5) is 20.3. The summed E-state index contributed by atoms with van der Waals surface area (Å²) >= 11 is 0. The van der Waals surface area contributed by atoms with Crippen LogP contribution in [0.5, 0.6) is 0 Å². The van der Waals surface area contributed by atoms with Crippen LogP contribution in [0.4, 0.5) is 0 Å². The van der Waals surface area contributed by atoms with Crippen LogP contribution in [0.3, 0.4) is 0 Å². The molecule has 0 aromatic rings. The van der Waals surface area contributed by atoms with Gasteiger partial charge >= 0.3 is 11.9 Å². The zero-order valence-corrected chi connectivity index (χ0v) is 8.92. The molecule has 0 aromatic heterocycles. The van der Waals surface area contributed by atoms with Gasteiger partial charge in [0.05, 0.1) is 6.54 Å². The fourth-order valence-electron chi connectivity index (χ4n) is 0.196. The van der Waals surface area contributed by atoms with Crippen molar-refractivity contribution in [3.05, 3.63) is 12.7 Å². The minimum Gasteiger partial charge on any atom is -0.389 e. The summed E-state index contributed by atoms with van der Waals surface area (Å²) in [5, 5.41) is 0. The topological polar surface area (TPSA) is 69.4 Å². The van der Waals surface area contributed by atoms with Gasteiger partial charge in [0.2, 0.25) is 0 Å². The molecule has 4 nitrogen and oxygen atoms in total. The van der Waals surface area contributed by atoms with Crippen LogP contribution in [-0.4, -0.2) is 69.9 Å². The molecule has 0 fully saturated rings. The van der Waals surface area contributed by atoms with Gasteiger partial charge in [-0.25, -0.2) is 4.79 Å². The first-order valence-electron chi connectivity index (χ1n) is 2.28. The van der Waals surface area contributed by atoms with Gasteiger partial charge in [-0.15, -0.1) is 0 Å². The van der Waals surface area contributed by atoms with Gasteiger partial charge in [0, 0.05) is 57.5 Å². The average molecular weight is 168 g/mol. The molecule has 0 atom stereocenters. The number of nitrogens with two attached hydrogens (primary N) is 1. The van der Waals surface area contributed by atoms with Crippen LogP contribution in [0.1, 0.15) is 0 Å². The fourth-order valence-corrected chi connectivity index (χ4v) is 0.196. The summed E-state index contributed by atoms with van der Waals surface area (Å²) < 4.78 is 4.03. The number of hydrogen-bond donors (Lipinski definition) is 1. The third-order valence-electron chi connectivity index (χ3n) is 0.548. The minimum atomic E-state index is -0.773. The van der Waals surface area contributed by atoms with Crippen molar-refractivity contribution in [2.75, 3.05) is 6.54 Å². The molecule has 0 rings (SSSR count). The predicted molar refractivity (Wildman–Crippen MR) is 36.1 cm³/mol. The second-order valence-electron chi connectivity index (χ2n) is 1.20. The number of esters is 2. The summed E-state index contributed by atoms with van der Waals surface area (Å²) in [6, 6.07) is 0. The Hall–Kier alpha value is 0.476. The van der Waals surface area contributed by atoms with E-state index in [0.717, 1.165) is 6.08 Å². The SMILES string of the molecule is C=CC(=O)OC(=O)CN.[K]. The molecule has 0 unspecified atom stereocenters. The smallest absolute Gasteiger partial charge is 0.337 e. The van der Waals surface area contributed by atoms with E-state index in [1.54, 1.807) is 0 Å². The van der Waals surface area contributed by atoms with Gasteiger partial charge < -0.3 is 10.5 Å². The third-order valence-corrected chi connectivity index (χ3v) is 0.548. The first-order chi connectivity index (χ1) is 4.20. The first kappa shape index (κ1) is 13.1. The summed E-state index contributed by atoms with van der Waals surface area (Å²) in [7, 11) is 0. The molecule has 0 bridgehead atoms. The van der Waals surface area contributed by atoms with E-state index < -0.39 is 11.9 Å². The van der Waals surface area contributed by atoms with E-state index in [1.807, 2.05) is 0 Å². The van der Waals surface area contributed by atoms with Gasteiger partial charge in [0.1, 0.15) is 0 Å². The largest absolute Gasteiger partial charge is 0.389 e. The van der Waals surface area contributed by atoms with Crippen molar-refractivity contribution in [3.8, 4) is 0 Å². The average Bonchev–Trinajstić information content (AvgIpc) is 1.87. The molecular weight excluding hydrogens is 161 g/mol. The summed E-state index contributed by atoms with van der Waals surface area (Å²) in [5.41, 5.74) is 4.81. The maximum Gasteiger partial charge on any atom is 0.337 e. The second-order valence-corrected chi connectivity index (χ2v) is 1.20. The molecule has 0 spiro atoms. The van der Waals surface area contributed by atoms with Gasteiger partial charge in [0.25, 0.3) is 0 Å². The monoisotopic (exact) mass is 168 g/mol. The molecule has 0 saturated heterocycles. The van der Waals surface area contributed by atoms with Gasteiger partial charge in [-0.2, -0.15) is 0 Å². The molecule has 51 valence electrons. The van der Waals surface area contributed by atoms with Crippen molar-refractivity contribution in [1.82, 2.24) is 0 Å². The minimum absolute atomic E-state index is 0. The van der Waals surface area contributed by atoms with Crippen molar-refractivity contribution in [1.29, 1.82) is 0 Å². The van der Waals surface area contributed by atoms with Crippen LogP contribution in [0.25, 0.3) is 0 Å². The van der Waals surface area contributed by atoms with Crippen LogP contribution in [0, 0.1) is 0 Å². The van der Waals surface area contributed by atoms with Gasteiger partial charge in [-0.3, -0.25) is 4.79 Å². The fraction of sp³-hybridized carbons (Fsp3) is 0.200. The van der Waals surface area contributed by atoms with Crippen LogP contribution in [0.15, 0.2) is 12.7 Å². The zero-order valence-electron chi connectivity index (χ0n) is 5.79. The normalized spacial score (nSPS) is 7.30. The number of ether oxygens (including phenoxy) is 1. The van der Waals surface area contributed by atoms with Gasteiger partial charge in [0.15, 0.2) is 0 Å². The predicted octanol–water partition coefficient (Wildman–Crippen LogP) is -1.18. The maximum atomic E-state index is 10.2. The molecule has 0 saturated carbocycles. The Balaban J connectivity index is 0. The molecule has 0 heterocycles. The Morgan fingerprint density at radius 2 is 2.10 bits per heavy atom. The summed E-state index contributed by atoms with van der Waals surface area (Å²) in [6.07, 6.45) is 0.896. The van der Waals surface area contributed by atoms with E-state index >= 15 is 0 Å². The summed E-state index contributed by atoms with van der Waals surface area (Å²) in [5.74, 6) is -1.52. The second kappa shape index (κ2) is 7.58. The number of carbonyl (C=O) groups excluding carboxylic acids is 2. The third kappa shape index (κ3) is 6.59. The standard InChI is InChI=1S/C5H7NO3.K/c1-2-4(7)9-5(8)3-6;/h2H,1,3,6H2;. The molecule has 5 heteroatoms. The van der Waals surface area contributed by atoms with Crippen molar-refractivity contribution in [2.24, 2.45) is 5.73 Å². The van der Waals surface area contributed by atoms with Gasteiger partial charge in [-0.05, 0) is 0 Å². The van der Waals surface area contributed by atoms with Crippen LogP contribution in [-0.2, 0) is 14.3 Å². The Bertz CT molecular complexity index is 146. The zero-order chi connectivity index (χ0) is 7.28. The van der Waals surface area contributed by atoms with Crippen molar-refractivity contribution in [3.63, 3.8) is 0 Å². The quantitative estimate of drug-likeness (QED) is 0.244. The summed E-state index contributed by atoms with van der Waals surface area (Å²) in [6.45, 7) is 2.79. The molecule has 1 radical (unpaired) electrons. The molecule has 0 aliphatic rings. The van der Waals surface area contributed by atoms with Gasteiger partial charge in [-0.1, -0.05) is 6.58 Å². The van der Waals surface area contributed by atoms with E-state index in [9.17, 15) is 9.59 Å². The number of rotatable bonds is 2.